The summed E-state index contributed by atoms with van der Waals surface area (Å²) in [5.41, 5.74) is 11.6. The highest BCUT2D eigenvalue weighted by molar-refractivity contribution is 5.53. The Morgan fingerprint density at radius 2 is 0.591 bits per heavy atom. The molecule has 10 fully saturated rings. The maximum Gasteiger partial charge on any atom is 0.161 e. The first-order valence-corrected chi connectivity index (χ1v) is 44.5. The summed E-state index contributed by atoms with van der Waals surface area (Å²) >= 11 is 0. The molecule has 110 heavy (non-hydrogen) atoms. The number of benzene rings is 4. The maximum absolute atomic E-state index is 12.3. The van der Waals surface area contributed by atoms with Gasteiger partial charge in [0.1, 0.15) is 0 Å². The molecule has 6 saturated carbocycles. The molecule has 0 N–H and O–H groups in total. The van der Waals surface area contributed by atoms with Crippen LogP contribution < -0.4 is 37.9 Å². The molecule has 16 nitrogen and oxygen atoms in total. The van der Waals surface area contributed by atoms with Crippen LogP contribution in [0, 0.1) is 35.5 Å². The minimum Gasteiger partial charge on any atom is -0.493 e. The normalized spacial score (nSPS) is 27.4. The van der Waals surface area contributed by atoms with E-state index in [0.717, 1.165) is 197 Å². The number of fused-ring (bicyclic) bond motifs is 12. The van der Waals surface area contributed by atoms with Crippen molar-refractivity contribution in [2.45, 2.75) is 241 Å². The molecule has 0 unspecified atom stereocenters. The third kappa shape index (κ3) is 19.0. The van der Waals surface area contributed by atoms with Gasteiger partial charge in [0.2, 0.25) is 0 Å². The second-order valence-corrected chi connectivity index (χ2v) is 36.7. The van der Waals surface area contributed by atoms with Crippen molar-refractivity contribution in [2.75, 3.05) is 168 Å². The van der Waals surface area contributed by atoms with E-state index < -0.39 is 0 Å². The monoisotopic (exact) mass is 1520 g/mol. The summed E-state index contributed by atoms with van der Waals surface area (Å²) in [6.07, 6.45) is 37.5. The van der Waals surface area contributed by atoms with E-state index in [1.807, 2.05) is 0 Å². The quantitative estimate of drug-likeness (QED) is 0.0529. The third-order valence-electron chi connectivity index (χ3n) is 29.4. The smallest absolute Gasteiger partial charge is 0.161 e. The van der Waals surface area contributed by atoms with Gasteiger partial charge in [-0.2, -0.15) is 0 Å². The molecule has 0 amide bonds. The van der Waals surface area contributed by atoms with Crippen LogP contribution in [0.2, 0.25) is 0 Å². The van der Waals surface area contributed by atoms with Crippen LogP contribution in [0.5, 0.6) is 46.0 Å². The van der Waals surface area contributed by atoms with E-state index in [0.29, 0.717) is 43.2 Å². The number of piperazine rings is 4. The first-order valence-electron chi connectivity index (χ1n) is 44.5. The van der Waals surface area contributed by atoms with Crippen LogP contribution in [0.25, 0.3) is 0 Å². The minimum atomic E-state index is -0.280. The van der Waals surface area contributed by atoms with Crippen molar-refractivity contribution in [1.82, 2.24) is 39.2 Å². The van der Waals surface area contributed by atoms with Crippen molar-refractivity contribution in [2.24, 2.45) is 35.5 Å². The summed E-state index contributed by atoms with van der Waals surface area (Å²) in [7, 11) is 16.3. The molecule has 608 valence electrons. The highest BCUT2D eigenvalue weighted by Gasteiger charge is 2.44. The molecular formula is C93H141FN8O8. The molecule has 18 rings (SSSR count). The molecule has 17 heteroatoms. The number of ether oxygens (including phenoxy) is 8. The molecule has 0 aromatic heterocycles. The Bertz CT molecular complexity index is 3610. The van der Waals surface area contributed by atoms with E-state index in [1.54, 1.807) is 28.4 Å². The molecule has 8 heterocycles. The van der Waals surface area contributed by atoms with Crippen LogP contribution in [0.4, 0.5) is 4.39 Å². The van der Waals surface area contributed by atoms with E-state index in [-0.39, 0.29) is 6.67 Å². The molecule has 0 spiro atoms. The van der Waals surface area contributed by atoms with Gasteiger partial charge in [-0.05, 0) is 253 Å². The van der Waals surface area contributed by atoms with Crippen LogP contribution in [0.1, 0.15) is 236 Å². The second-order valence-electron chi connectivity index (χ2n) is 36.7. The molecule has 4 saturated heterocycles. The number of unbranched alkanes of at least 4 members (excludes halogenated alkanes) is 2. The second kappa shape index (κ2) is 37.7. The summed E-state index contributed by atoms with van der Waals surface area (Å²) in [6.45, 7) is 18.9. The maximum atomic E-state index is 12.3. The zero-order chi connectivity index (χ0) is 75.8. The van der Waals surface area contributed by atoms with Gasteiger partial charge in [-0.1, -0.05) is 96.8 Å². The lowest BCUT2D eigenvalue weighted by molar-refractivity contribution is 0.0217. The number of rotatable bonds is 27. The largest absolute Gasteiger partial charge is 0.493 e. The standard InChI is InChI=1S/C24H36N2O2.C23H35FN2O2.C23H34N2O2.C23H36N2O2/c1-25-15-22-21-13-23(27-2)24(28-16-18-7-4-8-18)12-19(21)9-10-26(22)14-20(25)11-17-5-3-6-17;1-25-16-21-20-14-22(27-2)23(28-11-4-3-9-24)13-18(20)8-10-26(21)15-19(25)12-17-6-5-7-17;1-24-14-21-20-12-22(26-2)23(27-15-17-6-7-17)11-18(20)8-9-25(21)13-19(24)10-16-4-3-5-16;1-4-5-11-27-23-13-18-9-10-25-15-19(12-17-7-6-8-17)24(2)16-21(25)20(18)14-22(23)26-3/h12-13,17-18,20,22H,3-11,14-16H2,1-2H3;13-14,17,19,21H,3-12,15-16H2,1-2H3;11-12,16-17,19,21H,3-10,13-15H2,1-2H3;13-14,17,19,21H,4-12,15-16H2,1-3H3/t20-,22-;3*19-,21-/m1111/s1. The predicted octanol–water partition coefficient (Wildman–Crippen LogP) is 16.7. The summed E-state index contributed by atoms with van der Waals surface area (Å²) in [5, 5.41) is 0. The van der Waals surface area contributed by atoms with Crippen LogP contribution >= 0.6 is 0 Å². The fourth-order valence-electron chi connectivity index (χ4n) is 20.7. The number of likely N-dealkylation sites (N-methyl/N-ethyl adjacent to an activating group) is 4. The van der Waals surface area contributed by atoms with E-state index >= 15 is 0 Å². The van der Waals surface area contributed by atoms with Gasteiger partial charge in [-0.25, -0.2) is 0 Å². The van der Waals surface area contributed by atoms with Crippen molar-refractivity contribution in [3.8, 4) is 46.0 Å². The van der Waals surface area contributed by atoms with Crippen molar-refractivity contribution < 1.29 is 42.3 Å². The van der Waals surface area contributed by atoms with Crippen LogP contribution in [-0.4, -0.2) is 232 Å². The molecule has 0 bridgehead atoms. The molecule has 0 radical (unpaired) electrons. The van der Waals surface area contributed by atoms with Crippen molar-refractivity contribution in [3.05, 3.63) is 93.0 Å². The Morgan fingerprint density at radius 3 is 0.836 bits per heavy atom. The van der Waals surface area contributed by atoms with Gasteiger partial charge in [0.05, 0.1) is 61.5 Å². The SMILES string of the molecule is CCCCOc1cc2c(cc1OC)[C@H]1CN(C)[C@H](CC3CCC3)CN1CC2.COc1cc2c(cc1OCC1CC1)CCN1C[C@@H](CC3CCC3)N(C)C[C@H]21.COc1cc2c(cc1OCC1CCC1)CCN1C[C@@H](CC3CCC3)N(C)C[C@H]21.COc1cc2c(cc1OCCCCF)CCN1C[C@@H](CC3CCC3)N(C)C[C@H]21. The highest BCUT2D eigenvalue weighted by Crippen LogP contribution is 2.48. The van der Waals surface area contributed by atoms with Crippen LogP contribution in [0.15, 0.2) is 48.5 Å². The Hall–Kier alpha value is -5.11. The third-order valence-corrected chi connectivity index (χ3v) is 29.4. The van der Waals surface area contributed by atoms with Crippen LogP contribution in [-0.2, 0) is 25.7 Å². The molecule has 8 aliphatic heterocycles. The minimum absolute atomic E-state index is 0.280. The number of methoxy groups -OCH3 is 4. The zero-order valence-electron chi connectivity index (χ0n) is 69.5. The Labute approximate surface area is 662 Å². The fraction of sp³-hybridized carbons (Fsp3) is 0.742. The molecule has 14 aliphatic rings. The summed E-state index contributed by atoms with van der Waals surface area (Å²) in [4.78, 5) is 21.3. The first kappa shape index (κ1) is 80.1. The molecule has 6 aliphatic carbocycles. The number of halogens is 1. The molecular weight excluding hydrogens is 1380 g/mol. The molecule has 8 atom stereocenters. The first-order chi connectivity index (χ1) is 53.8. The Morgan fingerprint density at radius 1 is 0.318 bits per heavy atom. The van der Waals surface area contributed by atoms with Crippen molar-refractivity contribution in [1.29, 1.82) is 0 Å². The Balaban J connectivity index is 0.000000117. The summed E-state index contributed by atoms with van der Waals surface area (Å²) in [6, 6.07) is 22.8. The van der Waals surface area contributed by atoms with Gasteiger partial charge >= 0.3 is 0 Å². The number of alkyl halides is 1. The predicted molar refractivity (Wildman–Crippen MR) is 440 cm³/mol. The van der Waals surface area contributed by atoms with Gasteiger partial charge in [-0.15, -0.1) is 0 Å². The molecule has 4 aromatic carbocycles. The summed E-state index contributed by atoms with van der Waals surface area (Å²) < 4.78 is 59.3. The highest BCUT2D eigenvalue weighted by atomic mass is 19.1. The van der Waals surface area contributed by atoms with E-state index in [1.165, 1.54) is 225 Å². The van der Waals surface area contributed by atoms with E-state index in [4.69, 9.17) is 37.9 Å². The average Bonchev–Trinajstić information content (AvgIpc) is 1.74. The topological polar surface area (TPSA) is 99.8 Å². The van der Waals surface area contributed by atoms with E-state index in [2.05, 4.69) is 123 Å². The van der Waals surface area contributed by atoms with Gasteiger partial charge in [0.15, 0.2) is 46.0 Å². The average molecular weight is 1520 g/mol. The zero-order valence-corrected chi connectivity index (χ0v) is 69.5. The van der Waals surface area contributed by atoms with Crippen molar-refractivity contribution in [3.63, 3.8) is 0 Å². The number of hydrogen-bond acceptors (Lipinski definition) is 16. The number of nitrogens with zero attached hydrogens (tertiary/aromatic N) is 8. The lowest BCUT2D eigenvalue weighted by Gasteiger charge is -2.49. The van der Waals surface area contributed by atoms with Gasteiger partial charge in [-0.3, -0.25) is 24.0 Å². The molecule has 4 aromatic rings. The van der Waals surface area contributed by atoms with Crippen molar-refractivity contribution >= 4 is 0 Å². The Kier molecular flexibility index (Phi) is 27.4. The van der Waals surface area contributed by atoms with Gasteiger partial charge in [0, 0.05) is 127 Å². The lowest BCUT2D eigenvalue weighted by atomic mass is 9.79. The van der Waals surface area contributed by atoms with Gasteiger partial charge < -0.3 is 57.5 Å². The van der Waals surface area contributed by atoms with Crippen LogP contribution in [0.3, 0.4) is 0 Å². The number of hydrogen-bond donors (Lipinski definition) is 0. The fourth-order valence-corrected chi connectivity index (χ4v) is 20.7. The lowest BCUT2D eigenvalue weighted by Crippen LogP contribution is -2.55. The summed E-state index contributed by atoms with van der Waals surface area (Å²) in [5.74, 6) is 12.6. The van der Waals surface area contributed by atoms with E-state index in [9.17, 15) is 4.39 Å². The van der Waals surface area contributed by atoms with Gasteiger partial charge in [0.25, 0.3) is 0 Å².